The van der Waals surface area contributed by atoms with Gasteiger partial charge in [0.15, 0.2) is 0 Å². The molecule has 0 aromatic rings. The summed E-state index contributed by atoms with van der Waals surface area (Å²) < 4.78 is 6.32. The van der Waals surface area contributed by atoms with Crippen LogP contribution in [0, 0.1) is 11.8 Å². The molecular weight excluding hydrogens is 528 g/mol. The van der Waals surface area contributed by atoms with Crippen molar-refractivity contribution in [2.24, 2.45) is 11.8 Å². The van der Waals surface area contributed by atoms with Crippen LogP contribution < -0.4 is 0 Å². The van der Waals surface area contributed by atoms with E-state index in [1.807, 2.05) is 13.0 Å². The summed E-state index contributed by atoms with van der Waals surface area (Å²) in [4.78, 5) is 10.9. The van der Waals surface area contributed by atoms with Gasteiger partial charge in [-0.2, -0.15) is 0 Å². The quantitative estimate of drug-likeness (QED) is 0.0699. The van der Waals surface area contributed by atoms with Crippen LogP contribution in [0.1, 0.15) is 151 Å². The van der Waals surface area contributed by atoms with Gasteiger partial charge < -0.3 is 25.2 Å². The molecule has 1 aliphatic rings. The topological polar surface area (TPSA) is 107 Å². The molecule has 0 saturated heterocycles. The number of aliphatic carboxylic acids is 1. The molecule has 6 nitrogen and oxygen atoms in total. The second-order valence-corrected chi connectivity index (χ2v) is 13.7. The number of hydrogen-bond donors (Lipinski definition) is 4. The molecule has 244 valence electrons. The van der Waals surface area contributed by atoms with Crippen molar-refractivity contribution in [1.29, 1.82) is 0 Å². The maximum absolute atomic E-state index is 10.9. The molecule has 1 aliphatic carbocycles. The molecule has 4 N–H and O–H groups in total. The molecule has 0 aromatic carbocycles. The molecule has 0 spiro atoms. The highest BCUT2D eigenvalue weighted by atomic mass is 16.5. The molecule has 5 atom stereocenters. The first kappa shape index (κ1) is 38.4. The van der Waals surface area contributed by atoms with E-state index < -0.39 is 23.3 Å². The van der Waals surface area contributed by atoms with Crippen molar-refractivity contribution >= 4 is 5.97 Å². The van der Waals surface area contributed by atoms with E-state index in [9.17, 15) is 20.1 Å². The summed E-state index contributed by atoms with van der Waals surface area (Å²) in [5.41, 5.74) is 0.959. The van der Waals surface area contributed by atoms with Crippen molar-refractivity contribution < 1.29 is 30.0 Å². The number of unbranched alkanes of at least 4 members (excludes halogenated alkanes) is 5. The molecule has 0 amide bonds. The SMILES string of the molecule is CCCCCCCCOC1=C(C)C(C)C(O)C=C1CCC(C)CCCC(C)(O)CCCC(C)(O)CCC=C(C)C(=O)O. The maximum atomic E-state index is 10.9. The minimum Gasteiger partial charge on any atom is -0.493 e. The van der Waals surface area contributed by atoms with E-state index in [1.165, 1.54) is 32.1 Å². The van der Waals surface area contributed by atoms with Crippen molar-refractivity contribution in [2.45, 2.75) is 169 Å². The fraction of sp³-hybridized carbons (Fsp3) is 0.806. The number of aliphatic hydroxyl groups is 3. The second-order valence-electron chi connectivity index (χ2n) is 13.7. The Kier molecular flexibility index (Phi) is 17.9. The van der Waals surface area contributed by atoms with Crippen LogP contribution in [0.25, 0.3) is 0 Å². The lowest BCUT2D eigenvalue weighted by molar-refractivity contribution is -0.132. The third-order valence-electron chi connectivity index (χ3n) is 9.18. The zero-order chi connectivity index (χ0) is 31.8. The lowest BCUT2D eigenvalue weighted by Gasteiger charge is -2.29. The molecule has 1 rings (SSSR count). The van der Waals surface area contributed by atoms with Gasteiger partial charge in [-0.1, -0.05) is 71.8 Å². The molecule has 42 heavy (non-hydrogen) atoms. The molecule has 0 bridgehead atoms. The standard InChI is InChI=1S/C36H64O6/c1-8-9-10-11-12-13-25-42-33-30(5)29(4)32(37)26-31(33)20-19-27(2)17-14-21-35(6,40)23-16-24-36(7,41)22-15-18-28(3)34(38)39/h18,26-27,29,32,37,40-41H,8-17,19-25H2,1-7H3,(H,38,39). The van der Waals surface area contributed by atoms with Crippen LogP contribution in [-0.2, 0) is 9.53 Å². The predicted molar refractivity (Wildman–Crippen MR) is 173 cm³/mol. The van der Waals surface area contributed by atoms with Gasteiger partial charge in [0, 0.05) is 11.5 Å². The molecule has 5 unspecified atom stereocenters. The van der Waals surface area contributed by atoms with Gasteiger partial charge in [-0.15, -0.1) is 0 Å². The first-order valence-corrected chi connectivity index (χ1v) is 16.8. The van der Waals surface area contributed by atoms with Gasteiger partial charge in [-0.25, -0.2) is 4.79 Å². The highest BCUT2D eigenvalue weighted by Crippen LogP contribution is 2.35. The zero-order valence-electron chi connectivity index (χ0n) is 28.0. The molecule has 0 aliphatic heterocycles. The highest BCUT2D eigenvalue weighted by Gasteiger charge is 2.27. The summed E-state index contributed by atoms with van der Waals surface area (Å²) >= 11 is 0. The first-order chi connectivity index (χ1) is 19.7. The number of allylic oxidation sites excluding steroid dienone is 2. The monoisotopic (exact) mass is 592 g/mol. The van der Waals surface area contributed by atoms with Gasteiger partial charge in [-0.3, -0.25) is 0 Å². The van der Waals surface area contributed by atoms with Gasteiger partial charge in [-0.05, 0) is 109 Å². The predicted octanol–water partition coefficient (Wildman–Crippen LogP) is 8.64. The summed E-state index contributed by atoms with van der Waals surface area (Å²) in [6.07, 6.45) is 18.2. The smallest absolute Gasteiger partial charge is 0.330 e. The summed E-state index contributed by atoms with van der Waals surface area (Å²) in [6.45, 7) is 14.6. The van der Waals surface area contributed by atoms with E-state index in [1.54, 1.807) is 19.9 Å². The van der Waals surface area contributed by atoms with Crippen LogP contribution in [0.3, 0.4) is 0 Å². The van der Waals surface area contributed by atoms with Crippen molar-refractivity contribution in [3.05, 3.63) is 34.6 Å². The Labute approximate surface area is 257 Å². The van der Waals surface area contributed by atoms with Gasteiger partial charge in [0.1, 0.15) is 5.76 Å². The van der Waals surface area contributed by atoms with Crippen molar-refractivity contribution in [3.63, 3.8) is 0 Å². The summed E-state index contributed by atoms with van der Waals surface area (Å²) in [6, 6.07) is 0. The number of ether oxygens (including phenoxy) is 1. The van der Waals surface area contributed by atoms with E-state index in [0.717, 1.165) is 68.5 Å². The van der Waals surface area contributed by atoms with Gasteiger partial charge in [0.2, 0.25) is 0 Å². The Morgan fingerprint density at radius 2 is 1.57 bits per heavy atom. The van der Waals surface area contributed by atoms with Gasteiger partial charge in [0.05, 0.1) is 23.9 Å². The molecular formula is C36H64O6. The van der Waals surface area contributed by atoms with Crippen molar-refractivity contribution in [3.8, 4) is 0 Å². The van der Waals surface area contributed by atoms with Crippen molar-refractivity contribution in [2.75, 3.05) is 6.61 Å². The molecule has 0 saturated carbocycles. The normalized spacial score (nSPS) is 21.5. The minimum absolute atomic E-state index is 0.0784. The fourth-order valence-corrected chi connectivity index (χ4v) is 5.77. The van der Waals surface area contributed by atoms with E-state index in [-0.39, 0.29) is 5.92 Å². The lowest BCUT2D eigenvalue weighted by Crippen LogP contribution is -2.28. The maximum Gasteiger partial charge on any atom is 0.330 e. The fourth-order valence-electron chi connectivity index (χ4n) is 5.77. The third kappa shape index (κ3) is 15.7. The van der Waals surface area contributed by atoms with Crippen LogP contribution in [0.4, 0.5) is 0 Å². The Balaban J connectivity index is 2.43. The van der Waals surface area contributed by atoms with E-state index in [2.05, 4.69) is 27.7 Å². The van der Waals surface area contributed by atoms with Crippen molar-refractivity contribution in [1.82, 2.24) is 0 Å². The lowest BCUT2D eigenvalue weighted by atomic mass is 9.84. The highest BCUT2D eigenvalue weighted by molar-refractivity contribution is 5.85. The van der Waals surface area contributed by atoms with Crippen LogP contribution in [0.2, 0.25) is 0 Å². The first-order valence-electron chi connectivity index (χ1n) is 16.8. The second kappa shape index (κ2) is 19.6. The van der Waals surface area contributed by atoms with E-state index in [4.69, 9.17) is 9.84 Å². The Bertz CT molecular complexity index is 881. The minimum atomic E-state index is -0.927. The molecule has 0 radical (unpaired) electrons. The van der Waals surface area contributed by atoms with Crippen LogP contribution >= 0.6 is 0 Å². The third-order valence-corrected chi connectivity index (χ3v) is 9.18. The summed E-state index contributed by atoms with van der Waals surface area (Å²) in [5, 5.41) is 41.1. The molecule has 0 fully saturated rings. The number of rotatable bonds is 23. The van der Waals surface area contributed by atoms with E-state index in [0.29, 0.717) is 37.2 Å². The average Bonchev–Trinajstić information content (AvgIpc) is 2.90. The summed E-state index contributed by atoms with van der Waals surface area (Å²) in [7, 11) is 0. The molecule has 0 heterocycles. The largest absolute Gasteiger partial charge is 0.493 e. The molecule has 6 heteroatoms. The number of carboxylic acids is 1. The summed E-state index contributed by atoms with van der Waals surface area (Å²) in [5.74, 6) is 0.653. The number of hydrogen-bond acceptors (Lipinski definition) is 5. The number of carbonyl (C=O) groups is 1. The van der Waals surface area contributed by atoms with Gasteiger partial charge >= 0.3 is 5.97 Å². The van der Waals surface area contributed by atoms with E-state index >= 15 is 0 Å². The Hall–Kier alpha value is -1.63. The number of aliphatic hydroxyl groups excluding tert-OH is 1. The Morgan fingerprint density at radius 1 is 0.976 bits per heavy atom. The average molecular weight is 593 g/mol. The van der Waals surface area contributed by atoms with Crippen LogP contribution in [0.5, 0.6) is 0 Å². The zero-order valence-corrected chi connectivity index (χ0v) is 28.0. The van der Waals surface area contributed by atoms with Gasteiger partial charge in [0.25, 0.3) is 0 Å². The van der Waals surface area contributed by atoms with Crippen LogP contribution in [-0.4, -0.2) is 50.3 Å². The molecule has 0 aromatic heterocycles. The number of carboxylic acid groups (broad SMARTS) is 1. The van der Waals surface area contributed by atoms with Crippen LogP contribution in [0.15, 0.2) is 34.6 Å². The Morgan fingerprint density at radius 3 is 2.21 bits per heavy atom.